The maximum Gasteiger partial charge on any atom is 0.255 e. The lowest BCUT2D eigenvalue weighted by Gasteiger charge is -2.29. The average Bonchev–Trinajstić information content (AvgIpc) is 3.04. The maximum atomic E-state index is 12.8. The number of carbonyl (C=O) groups is 4. The van der Waals surface area contributed by atoms with E-state index in [9.17, 15) is 19.2 Å². The number of nitrogens with one attached hydrogen (secondary N) is 2. The van der Waals surface area contributed by atoms with Gasteiger partial charge in [-0.05, 0) is 25.0 Å². The Morgan fingerprint density at radius 1 is 1.21 bits per heavy atom. The molecule has 1 aromatic rings. The molecule has 1 atom stereocenters. The molecule has 1 saturated heterocycles. The lowest BCUT2D eigenvalue weighted by molar-refractivity contribution is -0.137. The second-order valence-corrected chi connectivity index (χ2v) is 7.19. The highest BCUT2D eigenvalue weighted by molar-refractivity contribution is 6.06. The third-order valence-electron chi connectivity index (χ3n) is 5.42. The fourth-order valence-corrected chi connectivity index (χ4v) is 3.90. The quantitative estimate of drug-likeness (QED) is 0.588. The van der Waals surface area contributed by atoms with Gasteiger partial charge >= 0.3 is 0 Å². The topological polar surface area (TPSA) is 98.8 Å². The standard InChI is InChI=1S/C20H22N4O4/c25-17-8-7-16(19(27)22-17)24-12-14-13(20(24)28)5-4-6-15(14)21-11-18(26)23-9-2-1-3-10-23/h1-2,4-6,16,21H,3,7-12H2,(H,22,25,27). The highest BCUT2D eigenvalue weighted by Gasteiger charge is 2.39. The van der Waals surface area contributed by atoms with Crippen LogP contribution in [0.2, 0.25) is 0 Å². The molecule has 4 rings (SSSR count). The van der Waals surface area contributed by atoms with Crippen LogP contribution in [0.25, 0.3) is 0 Å². The van der Waals surface area contributed by atoms with Crippen LogP contribution in [0.5, 0.6) is 0 Å². The fourth-order valence-electron chi connectivity index (χ4n) is 3.90. The van der Waals surface area contributed by atoms with Crippen LogP contribution < -0.4 is 10.6 Å². The molecule has 4 amide bonds. The number of carbonyl (C=O) groups excluding carboxylic acids is 4. The minimum atomic E-state index is -0.646. The minimum Gasteiger partial charge on any atom is -0.376 e. The van der Waals surface area contributed by atoms with Gasteiger partial charge in [-0.25, -0.2) is 0 Å². The molecule has 0 saturated carbocycles. The number of amides is 4. The number of imide groups is 1. The Morgan fingerprint density at radius 2 is 2.07 bits per heavy atom. The van der Waals surface area contributed by atoms with Crippen molar-refractivity contribution in [2.75, 3.05) is 25.0 Å². The zero-order valence-corrected chi connectivity index (χ0v) is 15.4. The molecule has 8 heteroatoms. The molecule has 0 bridgehead atoms. The van der Waals surface area contributed by atoms with Gasteiger partial charge in [-0.2, -0.15) is 0 Å². The molecule has 0 spiro atoms. The van der Waals surface area contributed by atoms with Crippen molar-refractivity contribution in [3.05, 3.63) is 41.5 Å². The number of hydrogen-bond donors (Lipinski definition) is 2. The lowest BCUT2D eigenvalue weighted by atomic mass is 10.0. The summed E-state index contributed by atoms with van der Waals surface area (Å²) in [6.45, 7) is 1.77. The Kier molecular flexibility index (Phi) is 4.85. The van der Waals surface area contributed by atoms with Crippen molar-refractivity contribution in [2.24, 2.45) is 0 Å². The normalized spacial score (nSPS) is 21.6. The molecule has 3 aliphatic heterocycles. The molecule has 1 fully saturated rings. The molecular formula is C20H22N4O4. The smallest absolute Gasteiger partial charge is 0.255 e. The fraction of sp³-hybridized carbons (Fsp3) is 0.400. The van der Waals surface area contributed by atoms with E-state index in [0.717, 1.165) is 17.7 Å². The first kappa shape index (κ1) is 18.2. The number of rotatable bonds is 4. The van der Waals surface area contributed by atoms with Gasteiger partial charge in [-0.1, -0.05) is 18.2 Å². The number of benzene rings is 1. The SMILES string of the molecule is O=C1CCC(N2Cc3c(NCC(=O)N4CC=CCC4)cccc3C2=O)C(=O)N1. The van der Waals surface area contributed by atoms with E-state index >= 15 is 0 Å². The maximum absolute atomic E-state index is 12.8. The zero-order chi connectivity index (χ0) is 19.7. The van der Waals surface area contributed by atoms with E-state index < -0.39 is 11.9 Å². The number of nitrogens with zero attached hydrogens (tertiary/aromatic N) is 2. The van der Waals surface area contributed by atoms with Gasteiger partial charge in [0.15, 0.2) is 0 Å². The Labute approximate surface area is 162 Å². The summed E-state index contributed by atoms with van der Waals surface area (Å²) in [7, 11) is 0. The van der Waals surface area contributed by atoms with Crippen LogP contribution in [0.3, 0.4) is 0 Å². The van der Waals surface area contributed by atoms with Crippen LogP contribution in [0.15, 0.2) is 30.4 Å². The summed E-state index contributed by atoms with van der Waals surface area (Å²) in [5.74, 6) is -0.951. The second kappa shape index (κ2) is 7.46. The summed E-state index contributed by atoms with van der Waals surface area (Å²) in [5.41, 5.74) is 2.04. The summed E-state index contributed by atoms with van der Waals surface area (Å²) in [6.07, 6.45) is 5.46. The van der Waals surface area contributed by atoms with Crippen molar-refractivity contribution in [1.29, 1.82) is 0 Å². The third-order valence-corrected chi connectivity index (χ3v) is 5.42. The molecule has 3 heterocycles. The zero-order valence-electron chi connectivity index (χ0n) is 15.4. The van der Waals surface area contributed by atoms with Gasteiger partial charge in [0, 0.05) is 42.9 Å². The van der Waals surface area contributed by atoms with E-state index in [1.165, 1.54) is 4.90 Å². The van der Waals surface area contributed by atoms with Gasteiger partial charge in [-0.15, -0.1) is 0 Å². The van der Waals surface area contributed by atoms with Crippen LogP contribution in [-0.4, -0.2) is 59.1 Å². The van der Waals surface area contributed by atoms with Crippen LogP contribution in [0, 0.1) is 0 Å². The van der Waals surface area contributed by atoms with Crippen LogP contribution in [0.1, 0.15) is 35.2 Å². The number of anilines is 1. The van der Waals surface area contributed by atoms with Gasteiger partial charge < -0.3 is 15.1 Å². The Hall–Kier alpha value is -3.16. The van der Waals surface area contributed by atoms with Crippen LogP contribution in [-0.2, 0) is 20.9 Å². The van der Waals surface area contributed by atoms with Crippen molar-refractivity contribution in [3.63, 3.8) is 0 Å². The molecule has 3 aliphatic rings. The summed E-state index contributed by atoms with van der Waals surface area (Å²) in [6, 6.07) is 4.68. The largest absolute Gasteiger partial charge is 0.376 e. The molecule has 1 aromatic carbocycles. The van der Waals surface area contributed by atoms with Crippen molar-refractivity contribution >= 4 is 29.3 Å². The minimum absolute atomic E-state index is 0.00769. The lowest BCUT2D eigenvalue weighted by Crippen LogP contribution is -2.52. The second-order valence-electron chi connectivity index (χ2n) is 7.19. The highest BCUT2D eigenvalue weighted by atomic mass is 16.2. The first-order valence-electron chi connectivity index (χ1n) is 9.48. The number of piperidine rings is 1. The average molecular weight is 382 g/mol. The summed E-state index contributed by atoms with van der Waals surface area (Å²) in [5, 5.41) is 5.46. The number of hydrogen-bond acceptors (Lipinski definition) is 5. The predicted molar refractivity (Wildman–Crippen MR) is 101 cm³/mol. The third kappa shape index (κ3) is 3.37. The molecule has 0 radical (unpaired) electrons. The summed E-state index contributed by atoms with van der Waals surface area (Å²) >= 11 is 0. The summed E-state index contributed by atoms with van der Waals surface area (Å²) < 4.78 is 0. The van der Waals surface area contributed by atoms with Crippen molar-refractivity contribution in [3.8, 4) is 0 Å². The van der Waals surface area contributed by atoms with Crippen molar-refractivity contribution < 1.29 is 19.2 Å². The molecule has 2 N–H and O–H groups in total. The van der Waals surface area contributed by atoms with Crippen molar-refractivity contribution in [2.45, 2.75) is 31.8 Å². The van der Waals surface area contributed by atoms with Crippen molar-refractivity contribution in [1.82, 2.24) is 15.1 Å². The van der Waals surface area contributed by atoms with Gasteiger partial charge in [0.2, 0.25) is 17.7 Å². The van der Waals surface area contributed by atoms with E-state index in [1.54, 1.807) is 17.0 Å². The molecular weight excluding hydrogens is 360 g/mol. The first-order valence-corrected chi connectivity index (χ1v) is 9.48. The van der Waals surface area contributed by atoms with Gasteiger partial charge in [0.25, 0.3) is 5.91 Å². The number of fused-ring (bicyclic) bond motifs is 1. The molecule has 28 heavy (non-hydrogen) atoms. The Balaban J connectivity index is 1.47. The Bertz CT molecular complexity index is 879. The van der Waals surface area contributed by atoms with Gasteiger partial charge in [0.1, 0.15) is 6.04 Å². The highest BCUT2D eigenvalue weighted by Crippen LogP contribution is 2.32. The van der Waals surface area contributed by atoms with Crippen LogP contribution in [0.4, 0.5) is 5.69 Å². The van der Waals surface area contributed by atoms with E-state index in [1.807, 2.05) is 12.1 Å². The van der Waals surface area contributed by atoms with E-state index in [-0.39, 0.29) is 37.2 Å². The summed E-state index contributed by atoms with van der Waals surface area (Å²) in [4.78, 5) is 52.0. The Morgan fingerprint density at radius 3 is 2.82 bits per heavy atom. The molecule has 146 valence electrons. The molecule has 0 aromatic heterocycles. The van der Waals surface area contributed by atoms with Gasteiger partial charge in [0.05, 0.1) is 6.54 Å². The first-order chi connectivity index (χ1) is 13.5. The van der Waals surface area contributed by atoms with E-state index in [4.69, 9.17) is 0 Å². The monoisotopic (exact) mass is 382 g/mol. The van der Waals surface area contributed by atoms with E-state index in [0.29, 0.717) is 25.1 Å². The predicted octanol–water partition coefficient (Wildman–Crippen LogP) is 0.648. The molecule has 1 unspecified atom stereocenters. The van der Waals surface area contributed by atoms with Crippen LogP contribution >= 0.6 is 0 Å². The van der Waals surface area contributed by atoms with E-state index in [2.05, 4.69) is 16.7 Å². The molecule has 8 nitrogen and oxygen atoms in total. The molecule has 0 aliphatic carbocycles. The van der Waals surface area contributed by atoms with Gasteiger partial charge in [-0.3, -0.25) is 24.5 Å².